The first-order valence-corrected chi connectivity index (χ1v) is 9.74. The van der Waals surface area contributed by atoms with E-state index in [2.05, 4.69) is 15.0 Å². The first kappa shape index (κ1) is 18.3. The average Bonchev–Trinajstić information content (AvgIpc) is 3.03. The van der Waals surface area contributed by atoms with Crippen LogP contribution in [0.15, 0.2) is 48.8 Å². The summed E-state index contributed by atoms with van der Waals surface area (Å²) in [6.45, 7) is 2.29. The average molecular weight is 408 g/mol. The van der Waals surface area contributed by atoms with Gasteiger partial charge in [0.05, 0.1) is 27.8 Å². The third-order valence-electron chi connectivity index (χ3n) is 4.16. The van der Waals surface area contributed by atoms with E-state index in [1.165, 1.54) is 11.3 Å². The predicted molar refractivity (Wildman–Crippen MR) is 116 cm³/mol. The minimum absolute atomic E-state index is 0.252. The summed E-state index contributed by atoms with van der Waals surface area (Å²) in [6.07, 6.45) is 3.41. The zero-order chi connectivity index (χ0) is 19.7. The summed E-state index contributed by atoms with van der Waals surface area (Å²) >= 11 is 6.49. The molecule has 0 bridgehead atoms. The number of fused-ring (bicyclic) bond motifs is 1. The fourth-order valence-electron chi connectivity index (χ4n) is 2.89. The van der Waals surface area contributed by atoms with E-state index in [1.54, 1.807) is 12.4 Å². The van der Waals surface area contributed by atoms with Gasteiger partial charge in [-0.1, -0.05) is 42.5 Å². The lowest BCUT2D eigenvalue weighted by Crippen LogP contribution is -2.09. The van der Waals surface area contributed by atoms with Crippen LogP contribution in [0.1, 0.15) is 16.3 Å². The summed E-state index contributed by atoms with van der Waals surface area (Å²) < 4.78 is 5.89. The number of nitrogens with zero attached hydrogens (tertiary/aromatic N) is 3. The van der Waals surface area contributed by atoms with E-state index in [-0.39, 0.29) is 4.99 Å². The van der Waals surface area contributed by atoms with Gasteiger partial charge in [0.1, 0.15) is 28.0 Å². The predicted octanol–water partition coefficient (Wildman–Crippen LogP) is 3.86. The molecular formula is C20H17N5OS2. The van der Waals surface area contributed by atoms with Crippen LogP contribution in [0.5, 0.6) is 5.75 Å². The van der Waals surface area contributed by atoms with Crippen LogP contribution in [-0.4, -0.2) is 19.9 Å². The van der Waals surface area contributed by atoms with Gasteiger partial charge in [0.2, 0.25) is 0 Å². The van der Waals surface area contributed by atoms with Crippen molar-refractivity contribution >= 4 is 44.4 Å². The van der Waals surface area contributed by atoms with Crippen LogP contribution in [0.4, 0.5) is 5.69 Å². The summed E-state index contributed by atoms with van der Waals surface area (Å²) in [4.78, 5) is 15.0. The van der Waals surface area contributed by atoms with E-state index in [0.29, 0.717) is 34.4 Å². The molecule has 0 aliphatic heterocycles. The first-order chi connectivity index (χ1) is 13.5. The highest BCUT2D eigenvalue weighted by Crippen LogP contribution is 2.38. The van der Waals surface area contributed by atoms with Crippen LogP contribution in [0.25, 0.3) is 21.5 Å². The molecule has 0 amide bonds. The number of aromatic nitrogens is 3. The fraction of sp³-hybridized carbons (Fsp3) is 0.100. The Labute approximate surface area is 171 Å². The summed E-state index contributed by atoms with van der Waals surface area (Å²) in [5.74, 6) is 1.28. The van der Waals surface area contributed by atoms with E-state index < -0.39 is 0 Å². The van der Waals surface area contributed by atoms with Gasteiger partial charge in [-0.05, 0) is 18.6 Å². The largest absolute Gasteiger partial charge is 0.487 e. The highest BCUT2D eigenvalue weighted by Gasteiger charge is 2.19. The molecule has 0 fully saturated rings. The van der Waals surface area contributed by atoms with Gasteiger partial charge in [-0.15, -0.1) is 11.3 Å². The number of anilines is 1. The van der Waals surface area contributed by atoms with E-state index in [9.17, 15) is 0 Å². The van der Waals surface area contributed by atoms with Crippen molar-refractivity contribution < 1.29 is 4.74 Å². The van der Waals surface area contributed by atoms with Crippen molar-refractivity contribution in [2.24, 2.45) is 5.73 Å². The second kappa shape index (κ2) is 7.49. The Kier molecular flexibility index (Phi) is 4.89. The van der Waals surface area contributed by atoms with Crippen LogP contribution >= 0.6 is 23.6 Å². The fourth-order valence-corrected chi connectivity index (χ4v) is 4.12. The summed E-state index contributed by atoms with van der Waals surface area (Å²) in [5.41, 5.74) is 15.2. The summed E-state index contributed by atoms with van der Waals surface area (Å²) in [5, 5.41) is 0.736. The minimum atomic E-state index is 0.252. The molecule has 4 rings (SSSR count). The van der Waals surface area contributed by atoms with Crippen molar-refractivity contribution in [2.45, 2.75) is 13.5 Å². The van der Waals surface area contributed by atoms with Crippen molar-refractivity contribution in [3.8, 4) is 17.0 Å². The molecular weight excluding hydrogens is 390 g/mol. The maximum Gasteiger partial charge on any atom is 0.138 e. The van der Waals surface area contributed by atoms with Crippen LogP contribution < -0.4 is 16.2 Å². The monoisotopic (exact) mass is 407 g/mol. The topological polar surface area (TPSA) is 99.9 Å². The number of thiophene rings is 1. The molecule has 140 valence electrons. The molecule has 0 spiro atoms. The van der Waals surface area contributed by atoms with Gasteiger partial charge in [-0.25, -0.2) is 9.97 Å². The standard InChI is InChI=1S/C20H17N5OS2/c1-11-24-17(15-16(21)18(19(22)27)28-20(15)25-11)13-7-14(9-23-8-13)26-10-12-5-3-2-4-6-12/h2-9H,10,21H2,1H3,(H2,22,27). The van der Waals surface area contributed by atoms with Crippen molar-refractivity contribution in [3.63, 3.8) is 0 Å². The zero-order valence-corrected chi connectivity index (χ0v) is 16.7. The number of nitrogens with two attached hydrogens (primary N) is 2. The molecule has 3 aromatic heterocycles. The molecule has 0 unspecified atom stereocenters. The number of aryl methyl sites for hydroxylation is 1. The highest BCUT2D eigenvalue weighted by atomic mass is 32.1. The normalized spacial score (nSPS) is 10.9. The molecule has 6 nitrogen and oxygen atoms in total. The van der Waals surface area contributed by atoms with Gasteiger partial charge < -0.3 is 16.2 Å². The lowest BCUT2D eigenvalue weighted by molar-refractivity contribution is 0.305. The Morgan fingerprint density at radius 2 is 1.96 bits per heavy atom. The summed E-state index contributed by atoms with van der Waals surface area (Å²) in [6, 6.07) is 11.9. The van der Waals surface area contributed by atoms with Crippen LogP contribution in [0, 0.1) is 6.92 Å². The Morgan fingerprint density at radius 3 is 2.71 bits per heavy atom. The first-order valence-electron chi connectivity index (χ1n) is 8.51. The molecule has 1 aromatic carbocycles. The van der Waals surface area contributed by atoms with Gasteiger partial charge >= 0.3 is 0 Å². The number of hydrogen-bond acceptors (Lipinski definition) is 7. The smallest absolute Gasteiger partial charge is 0.138 e. The number of thiocarbonyl (C=S) groups is 1. The maximum atomic E-state index is 6.31. The minimum Gasteiger partial charge on any atom is -0.487 e. The van der Waals surface area contributed by atoms with Crippen LogP contribution in [0.2, 0.25) is 0 Å². The highest BCUT2D eigenvalue weighted by molar-refractivity contribution is 7.81. The molecule has 4 aromatic rings. The third-order valence-corrected chi connectivity index (χ3v) is 5.63. The number of benzene rings is 1. The molecule has 0 saturated heterocycles. The number of pyridine rings is 1. The number of rotatable bonds is 5. The molecule has 0 radical (unpaired) electrons. The molecule has 8 heteroatoms. The van der Waals surface area contributed by atoms with Crippen molar-refractivity contribution in [1.82, 2.24) is 15.0 Å². The quantitative estimate of drug-likeness (QED) is 0.485. The molecule has 0 saturated carbocycles. The second-order valence-electron chi connectivity index (χ2n) is 6.19. The molecule has 0 aliphatic carbocycles. The van der Waals surface area contributed by atoms with Gasteiger partial charge in [0.25, 0.3) is 0 Å². The van der Waals surface area contributed by atoms with Gasteiger partial charge in [-0.2, -0.15) is 0 Å². The SMILES string of the molecule is Cc1nc(-c2cncc(OCc3ccccc3)c2)c2c(N)c(C(N)=S)sc2n1. The lowest BCUT2D eigenvalue weighted by atomic mass is 10.1. The Morgan fingerprint density at radius 1 is 1.18 bits per heavy atom. The maximum absolute atomic E-state index is 6.31. The van der Waals surface area contributed by atoms with Crippen molar-refractivity contribution in [2.75, 3.05) is 5.73 Å². The van der Waals surface area contributed by atoms with Gasteiger partial charge in [0, 0.05) is 11.8 Å². The number of nitrogen functional groups attached to an aromatic ring is 1. The number of hydrogen-bond donors (Lipinski definition) is 2. The third kappa shape index (κ3) is 3.51. The molecule has 28 heavy (non-hydrogen) atoms. The van der Waals surface area contributed by atoms with Crippen LogP contribution in [0.3, 0.4) is 0 Å². The van der Waals surface area contributed by atoms with E-state index in [0.717, 1.165) is 21.3 Å². The van der Waals surface area contributed by atoms with Crippen molar-refractivity contribution in [3.05, 3.63) is 65.1 Å². The molecule has 3 heterocycles. The van der Waals surface area contributed by atoms with Crippen LogP contribution in [-0.2, 0) is 6.61 Å². The molecule has 0 aliphatic rings. The Bertz CT molecular complexity index is 1170. The lowest BCUT2D eigenvalue weighted by Gasteiger charge is -2.09. The van der Waals surface area contributed by atoms with E-state index >= 15 is 0 Å². The second-order valence-corrected chi connectivity index (χ2v) is 7.63. The Hall–Kier alpha value is -3.10. The van der Waals surface area contributed by atoms with Crippen molar-refractivity contribution in [1.29, 1.82) is 0 Å². The Balaban J connectivity index is 1.75. The van der Waals surface area contributed by atoms with Gasteiger partial charge in [-0.3, -0.25) is 4.98 Å². The van der Waals surface area contributed by atoms with Gasteiger partial charge in [0.15, 0.2) is 0 Å². The summed E-state index contributed by atoms with van der Waals surface area (Å²) in [7, 11) is 0. The van der Waals surface area contributed by atoms with E-state index in [1.807, 2.05) is 43.3 Å². The number of ether oxygens (including phenoxy) is 1. The molecule has 4 N–H and O–H groups in total. The zero-order valence-electron chi connectivity index (χ0n) is 15.0. The van der Waals surface area contributed by atoms with E-state index in [4.69, 9.17) is 28.4 Å². The molecule has 0 atom stereocenters.